The maximum absolute atomic E-state index is 13.0. The van der Waals surface area contributed by atoms with Crippen molar-refractivity contribution in [2.24, 2.45) is 0 Å². The van der Waals surface area contributed by atoms with Crippen molar-refractivity contribution in [2.75, 3.05) is 0 Å². The third-order valence-corrected chi connectivity index (χ3v) is 1.95. The molecular formula is C10H11FO3. The number of hydrogen-bond acceptors (Lipinski definition) is 2. The topological polar surface area (TPSA) is 57.5 Å². The van der Waals surface area contributed by atoms with Gasteiger partial charge in [0.05, 0.1) is 12.5 Å². The van der Waals surface area contributed by atoms with Crippen LogP contribution in [0.1, 0.15) is 23.7 Å². The van der Waals surface area contributed by atoms with E-state index in [0.29, 0.717) is 5.56 Å². The summed E-state index contributed by atoms with van der Waals surface area (Å²) in [6, 6.07) is 4.19. The van der Waals surface area contributed by atoms with Crippen LogP contribution in [-0.4, -0.2) is 16.2 Å². The molecule has 0 aliphatic rings. The van der Waals surface area contributed by atoms with Gasteiger partial charge < -0.3 is 10.2 Å². The van der Waals surface area contributed by atoms with Crippen LogP contribution in [0, 0.1) is 12.7 Å². The Balaban J connectivity index is 2.85. The van der Waals surface area contributed by atoms with Gasteiger partial charge in [-0.1, -0.05) is 12.1 Å². The average Bonchev–Trinajstić information content (AvgIpc) is 2.08. The summed E-state index contributed by atoms with van der Waals surface area (Å²) in [5.74, 6) is -1.55. The van der Waals surface area contributed by atoms with Crippen LogP contribution in [0.4, 0.5) is 4.39 Å². The number of aliphatic hydroxyl groups excluding tert-OH is 1. The second-order valence-electron chi connectivity index (χ2n) is 3.12. The zero-order valence-electron chi connectivity index (χ0n) is 7.70. The van der Waals surface area contributed by atoms with Crippen molar-refractivity contribution in [1.82, 2.24) is 0 Å². The zero-order chi connectivity index (χ0) is 10.7. The molecule has 4 heteroatoms. The van der Waals surface area contributed by atoms with Crippen LogP contribution in [-0.2, 0) is 4.79 Å². The molecule has 0 bridgehead atoms. The Morgan fingerprint density at radius 2 is 2.21 bits per heavy atom. The van der Waals surface area contributed by atoms with E-state index >= 15 is 0 Å². The molecule has 3 nitrogen and oxygen atoms in total. The molecule has 0 aromatic heterocycles. The minimum atomic E-state index is -1.15. The standard InChI is InChI=1S/C10H11FO3/c1-6-2-3-7(4-8(6)11)9(12)5-10(13)14/h2-4,9,12H,5H2,1H3,(H,13,14)/t9-/m1/s1. The molecule has 1 aromatic carbocycles. The van der Waals surface area contributed by atoms with Gasteiger partial charge in [-0.25, -0.2) is 4.39 Å². The summed E-state index contributed by atoms with van der Waals surface area (Å²) >= 11 is 0. The molecule has 0 aliphatic carbocycles. The normalized spacial score (nSPS) is 12.5. The Labute approximate surface area is 80.8 Å². The molecule has 76 valence electrons. The number of hydrogen-bond donors (Lipinski definition) is 2. The third kappa shape index (κ3) is 2.53. The largest absolute Gasteiger partial charge is 0.481 e. The van der Waals surface area contributed by atoms with Gasteiger partial charge in [0.1, 0.15) is 5.82 Å². The molecular weight excluding hydrogens is 187 g/mol. The number of carboxylic acid groups (broad SMARTS) is 1. The summed E-state index contributed by atoms with van der Waals surface area (Å²) in [5.41, 5.74) is 0.756. The first kappa shape index (κ1) is 10.7. The molecule has 2 N–H and O–H groups in total. The minimum Gasteiger partial charge on any atom is -0.481 e. The number of rotatable bonds is 3. The summed E-state index contributed by atoms with van der Waals surface area (Å²) in [5, 5.41) is 17.8. The lowest BCUT2D eigenvalue weighted by Gasteiger charge is -2.08. The van der Waals surface area contributed by atoms with E-state index in [4.69, 9.17) is 5.11 Å². The van der Waals surface area contributed by atoms with Gasteiger partial charge in [0, 0.05) is 0 Å². The van der Waals surface area contributed by atoms with Crippen molar-refractivity contribution in [3.8, 4) is 0 Å². The summed E-state index contributed by atoms with van der Waals surface area (Å²) in [6.07, 6.45) is -1.56. The molecule has 14 heavy (non-hydrogen) atoms. The van der Waals surface area contributed by atoms with E-state index in [1.165, 1.54) is 12.1 Å². The van der Waals surface area contributed by atoms with Gasteiger partial charge >= 0.3 is 5.97 Å². The number of aliphatic hydroxyl groups is 1. The smallest absolute Gasteiger partial charge is 0.306 e. The fraction of sp³-hybridized carbons (Fsp3) is 0.300. The van der Waals surface area contributed by atoms with Crippen LogP contribution in [0.15, 0.2) is 18.2 Å². The van der Waals surface area contributed by atoms with Crippen molar-refractivity contribution in [3.05, 3.63) is 35.1 Å². The Kier molecular flexibility index (Phi) is 3.19. The summed E-state index contributed by atoms with van der Waals surface area (Å²) < 4.78 is 13.0. The van der Waals surface area contributed by atoms with E-state index < -0.39 is 24.3 Å². The van der Waals surface area contributed by atoms with Crippen LogP contribution in [0.5, 0.6) is 0 Å². The van der Waals surface area contributed by atoms with Gasteiger partial charge in [-0.05, 0) is 24.1 Å². The van der Waals surface area contributed by atoms with Crippen molar-refractivity contribution in [3.63, 3.8) is 0 Å². The maximum Gasteiger partial charge on any atom is 0.306 e. The quantitative estimate of drug-likeness (QED) is 0.776. The highest BCUT2D eigenvalue weighted by molar-refractivity contribution is 5.67. The number of aryl methyl sites for hydroxylation is 1. The zero-order valence-corrected chi connectivity index (χ0v) is 7.70. The summed E-state index contributed by atoms with van der Waals surface area (Å²) in [4.78, 5) is 10.3. The number of aliphatic carboxylic acids is 1. The molecule has 1 rings (SSSR count). The van der Waals surface area contributed by atoms with E-state index in [0.717, 1.165) is 6.07 Å². The highest BCUT2D eigenvalue weighted by Crippen LogP contribution is 2.19. The molecule has 0 heterocycles. The number of carboxylic acids is 1. The monoisotopic (exact) mass is 198 g/mol. The van der Waals surface area contributed by atoms with Crippen molar-refractivity contribution >= 4 is 5.97 Å². The molecule has 0 saturated heterocycles. The highest BCUT2D eigenvalue weighted by Gasteiger charge is 2.12. The Morgan fingerprint density at radius 3 is 2.71 bits per heavy atom. The van der Waals surface area contributed by atoms with Gasteiger partial charge in [-0.2, -0.15) is 0 Å². The van der Waals surface area contributed by atoms with Crippen molar-refractivity contribution in [1.29, 1.82) is 0 Å². The lowest BCUT2D eigenvalue weighted by Crippen LogP contribution is -2.05. The van der Waals surface area contributed by atoms with Crippen LogP contribution in [0.2, 0.25) is 0 Å². The first-order chi connectivity index (χ1) is 6.50. The van der Waals surface area contributed by atoms with E-state index in [9.17, 15) is 14.3 Å². The molecule has 1 atom stereocenters. The SMILES string of the molecule is Cc1ccc([C@H](O)CC(=O)O)cc1F. The maximum atomic E-state index is 13.0. The first-order valence-electron chi connectivity index (χ1n) is 4.16. The lowest BCUT2D eigenvalue weighted by atomic mass is 10.0. The van der Waals surface area contributed by atoms with E-state index in [1.807, 2.05) is 0 Å². The van der Waals surface area contributed by atoms with Gasteiger partial charge in [-0.15, -0.1) is 0 Å². The molecule has 1 aromatic rings. The Morgan fingerprint density at radius 1 is 1.57 bits per heavy atom. The number of carbonyl (C=O) groups is 1. The van der Waals surface area contributed by atoms with Gasteiger partial charge in [-0.3, -0.25) is 4.79 Å². The van der Waals surface area contributed by atoms with E-state index in [-0.39, 0.29) is 5.56 Å². The molecule has 0 fully saturated rings. The van der Waals surface area contributed by atoms with Crippen LogP contribution in [0.25, 0.3) is 0 Å². The predicted octanol–water partition coefficient (Wildman–Crippen LogP) is 1.64. The second kappa shape index (κ2) is 4.19. The number of benzene rings is 1. The highest BCUT2D eigenvalue weighted by atomic mass is 19.1. The van der Waals surface area contributed by atoms with Gasteiger partial charge in [0.15, 0.2) is 0 Å². The van der Waals surface area contributed by atoms with Crippen LogP contribution < -0.4 is 0 Å². The van der Waals surface area contributed by atoms with Crippen LogP contribution >= 0.6 is 0 Å². The molecule has 0 unspecified atom stereocenters. The third-order valence-electron chi connectivity index (χ3n) is 1.95. The van der Waals surface area contributed by atoms with Crippen LogP contribution in [0.3, 0.4) is 0 Å². The minimum absolute atomic E-state index is 0.288. The first-order valence-corrected chi connectivity index (χ1v) is 4.16. The molecule has 0 saturated carbocycles. The molecule has 0 aliphatic heterocycles. The van der Waals surface area contributed by atoms with Crippen molar-refractivity contribution in [2.45, 2.75) is 19.4 Å². The number of halogens is 1. The lowest BCUT2D eigenvalue weighted by molar-refractivity contribution is -0.139. The van der Waals surface area contributed by atoms with Gasteiger partial charge in [0.25, 0.3) is 0 Å². The molecule has 0 amide bonds. The molecule has 0 radical (unpaired) electrons. The summed E-state index contributed by atoms with van der Waals surface area (Å²) in [7, 11) is 0. The fourth-order valence-corrected chi connectivity index (χ4v) is 1.10. The predicted molar refractivity (Wildman–Crippen MR) is 48.3 cm³/mol. The van der Waals surface area contributed by atoms with Gasteiger partial charge in [0.2, 0.25) is 0 Å². The molecule has 0 spiro atoms. The van der Waals surface area contributed by atoms with E-state index in [1.54, 1.807) is 6.92 Å². The van der Waals surface area contributed by atoms with E-state index in [2.05, 4.69) is 0 Å². The summed E-state index contributed by atoms with van der Waals surface area (Å²) in [6.45, 7) is 1.60. The Hall–Kier alpha value is -1.42. The second-order valence-corrected chi connectivity index (χ2v) is 3.12. The fourth-order valence-electron chi connectivity index (χ4n) is 1.10. The average molecular weight is 198 g/mol. The van der Waals surface area contributed by atoms with Crippen molar-refractivity contribution < 1.29 is 19.4 Å². The Bertz CT molecular complexity index is 349.